The van der Waals surface area contributed by atoms with Crippen molar-refractivity contribution in [3.05, 3.63) is 28.9 Å². The van der Waals surface area contributed by atoms with Gasteiger partial charge in [-0.15, -0.1) is 0 Å². The average Bonchev–Trinajstić information content (AvgIpc) is 2.96. The van der Waals surface area contributed by atoms with Crippen LogP contribution in [0.3, 0.4) is 0 Å². The Balaban J connectivity index is 1.89. The van der Waals surface area contributed by atoms with Crippen LogP contribution in [0.2, 0.25) is 0 Å². The molecule has 0 amide bonds. The molecule has 0 spiro atoms. The van der Waals surface area contributed by atoms with Gasteiger partial charge in [0.05, 0.1) is 11.2 Å². The lowest BCUT2D eigenvalue weighted by atomic mass is 10.1. The predicted molar refractivity (Wildman–Crippen MR) is 97.1 cm³/mol. The fourth-order valence-corrected chi connectivity index (χ4v) is 4.33. The van der Waals surface area contributed by atoms with Crippen LogP contribution < -0.4 is 11.1 Å². The second-order valence-corrected chi connectivity index (χ2v) is 7.89. The summed E-state index contributed by atoms with van der Waals surface area (Å²) in [6.07, 6.45) is 9.34. The van der Waals surface area contributed by atoms with Gasteiger partial charge in [-0.3, -0.25) is 4.98 Å². The molecule has 0 bridgehead atoms. The normalized spacial score (nSPS) is 17.2. The lowest BCUT2D eigenvalue weighted by Gasteiger charge is -2.27. The number of nitrogens with two attached hydrogens (primary N) is 1. The number of rotatable bonds is 4. The minimum Gasteiger partial charge on any atom is -0.398 e. The molecule has 0 radical (unpaired) electrons. The molecule has 3 N–H and O–H groups in total. The molecule has 0 atom stereocenters. The summed E-state index contributed by atoms with van der Waals surface area (Å²) in [5.74, 6) is 0. The molecule has 5 heteroatoms. The van der Waals surface area contributed by atoms with Crippen molar-refractivity contribution in [2.75, 3.05) is 23.9 Å². The first-order valence-corrected chi connectivity index (χ1v) is 9.28. The summed E-state index contributed by atoms with van der Waals surface area (Å²) in [6, 6.07) is 6.03. The molecule has 1 aliphatic carbocycles. The molecule has 0 saturated heterocycles. The summed E-state index contributed by atoms with van der Waals surface area (Å²) in [5.41, 5.74) is 8.87. The van der Waals surface area contributed by atoms with Gasteiger partial charge in [0, 0.05) is 33.0 Å². The van der Waals surface area contributed by atoms with E-state index in [4.69, 9.17) is 5.73 Å². The summed E-state index contributed by atoms with van der Waals surface area (Å²) in [4.78, 5) is 4.54. The molecule has 0 aliphatic heterocycles. The molecule has 3 rings (SSSR count). The van der Waals surface area contributed by atoms with E-state index < -0.39 is 0 Å². The van der Waals surface area contributed by atoms with E-state index in [1.807, 2.05) is 36.2 Å². The molecule has 3 nitrogen and oxygen atoms in total. The van der Waals surface area contributed by atoms with E-state index in [-0.39, 0.29) is 0 Å². The number of thioether (sulfide) groups is 1. The maximum atomic E-state index is 6.07. The summed E-state index contributed by atoms with van der Waals surface area (Å²) in [5, 5.41) is 4.61. The Morgan fingerprint density at radius 2 is 2.14 bits per heavy atom. The molecule has 1 aromatic heterocycles. The zero-order valence-corrected chi connectivity index (χ0v) is 14.6. The van der Waals surface area contributed by atoms with E-state index in [0.717, 1.165) is 33.3 Å². The standard InChI is InChI=1S/C16H20BrN3S/c1-21-16(6-2-3-7-16)10-20-14-5-4-13(18)12-8-11(17)9-19-15(12)14/h4-5,8-9,20H,2-3,6-7,10,18H2,1H3. The van der Waals surface area contributed by atoms with Crippen molar-refractivity contribution in [2.24, 2.45) is 0 Å². The Hall–Kier alpha value is -0.940. The van der Waals surface area contributed by atoms with E-state index in [1.54, 1.807) is 0 Å². The van der Waals surface area contributed by atoms with Crippen molar-refractivity contribution < 1.29 is 0 Å². The quantitative estimate of drug-likeness (QED) is 0.773. The Bertz CT molecular complexity index is 653. The van der Waals surface area contributed by atoms with E-state index >= 15 is 0 Å². The monoisotopic (exact) mass is 365 g/mol. The molecule has 1 fully saturated rings. The third-order valence-corrected chi connectivity index (χ3v) is 6.25. The minimum absolute atomic E-state index is 0.378. The molecule has 1 saturated carbocycles. The number of nitrogens with zero attached hydrogens (tertiary/aromatic N) is 1. The second-order valence-electron chi connectivity index (χ2n) is 5.70. The summed E-state index contributed by atoms with van der Waals surface area (Å²) in [7, 11) is 0. The zero-order valence-electron chi connectivity index (χ0n) is 12.2. The minimum atomic E-state index is 0.378. The topological polar surface area (TPSA) is 50.9 Å². The summed E-state index contributed by atoms with van der Waals surface area (Å²) in [6.45, 7) is 0.991. The van der Waals surface area contributed by atoms with E-state index in [2.05, 4.69) is 32.5 Å². The van der Waals surface area contributed by atoms with Crippen molar-refractivity contribution in [1.29, 1.82) is 0 Å². The van der Waals surface area contributed by atoms with Gasteiger partial charge in [-0.1, -0.05) is 12.8 Å². The van der Waals surface area contributed by atoms with Crippen LogP contribution in [0.25, 0.3) is 10.9 Å². The van der Waals surface area contributed by atoms with Gasteiger partial charge in [0.25, 0.3) is 0 Å². The van der Waals surface area contributed by atoms with Crippen LogP contribution >= 0.6 is 27.7 Å². The van der Waals surface area contributed by atoms with Crippen LogP contribution in [0.5, 0.6) is 0 Å². The van der Waals surface area contributed by atoms with Gasteiger partial charge in [-0.2, -0.15) is 11.8 Å². The number of pyridine rings is 1. The number of hydrogen-bond acceptors (Lipinski definition) is 4. The highest BCUT2D eigenvalue weighted by molar-refractivity contribution is 9.10. The number of nitrogens with one attached hydrogen (secondary N) is 1. The third kappa shape index (κ3) is 2.99. The van der Waals surface area contributed by atoms with Gasteiger partial charge in [0.2, 0.25) is 0 Å². The highest BCUT2D eigenvalue weighted by Gasteiger charge is 2.32. The van der Waals surface area contributed by atoms with Gasteiger partial charge in [-0.25, -0.2) is 0 Å². The van der Waals surface area contributed by atoms with Crippen LogP contribution in [0.4, 0.5) is 11.4 Å². The van der Waals surface area contributed by atoms with Crippen LogP contribution in [0, 0.1) is 0 Å². The molecule has 1 aromatic carbocycles. The predicted octanol–water partition coefficient (Wildman–Crippen LogP) is 4.67. The Morgan fingerprint density at radius 3 is 2.86 bits per heavy atom. The maximum absolute atomic E-state index is 6.07. The van der Waals surface area contributed by atoms with Crippen molar-refractivity contribution in [1.82, 2.24) is 4.98 Å². The van der Waals surface area contributed by atoms with Crippen molar-refractivity contribution in [2.45, 2.75) is 30.4 Å². The first-order chi connectivity index (χ1) is 10.1. The molecule has 1 aliphatic rings. The number of halogens is 1. The smallest absolute Gasteiger partial charge is 0.0954 e. The van der Waals surface area contributed by atoms with E-state index in [0.29, 0.717) is 4.75 Å². The maximum Gasteiger partial charge on any atom is 0.0954 e. The Labute approximate surface area is 138 Å². The SMILES string of the molecule is CSC1(CNc2ccc(N)c3cc(Br)cnc23)CCCC1. The van der Waals surface area contributed by atoms with Gasteiger partial charge in [-0.05, 0) is 53.2 Å². The summed E-state index contributed by atoms with van der Waals surface area (Å²) < 4.78 is 1.33. The highest BCUT2D eigenvalue weighted by atomic mass is 79.9. The molecular weight excluding hydrogens is 346 g/mol. The number of aromatic nitrogens is 1. The first-order valence-electron chi connectivity index (χ1n) is 7.26. The van der Waals surface area contributed by atoms with Crippen molar-refractivity contribution in [3.8, 4) is 0 Å². The van der Waals surface area contributed by atoms with Crippen LogP contribution in [-0.4, -0.2) is 22.5 Å². The summed E-state index contributed by atoms with van der Waals surface area (Å²) >= 11 is 5.46. The van der Waals surface area contributed by atoms with Crippen LogP contribution in [-0.2, 0) is 0 Å². The fourth-order valence-electron chi connectivity index (χ4n) is 3.09. The molecule has 21 heavy (non-hydrogen) atoms. The van der Waals surface area contributed by atoms with E-state index in [1.165, 1.54) is 25.7 Å². The van der Waals surface area contributed by atoms with Crippen LogP contribution in [0.15, 0.2) is 28.9 Å². The zero-order chi connectivity index (χ0) is 14.9. The van der Waals surface area contributed by atoms with Gasteiger partial charge in [0.15, 0.2) is 0 Å². The largest absolute Gasteiger partial charge is 0.398 e. The number of nitrogen functional groups attached to an aromatic ring is 1. The lowest BCUT2D eigenvalue weighted by Crippen LogP contribution is -2.30. The Kier molecular flexibility index (Phi) is 4.31. The van der Waals surface area contributed by atoms with Gasteiger partial charge in [0.1, 0.15) is 0 Å². The molecule has 112 valence electrons. The number of hydrogen-bond donors (Lipinski definition) is 2. The van der Waals surface area contributed by atoms with Gasteiger partial charge < -0.3 is 11.1 Å². The lowest BCUT2D eigenvalue weighted by molar-refractivity contribution is 0.640. The van der Waals surface area contributed by atoms with Crippen molar-refractivity contribution >= 4 is 50.0 Å². The Morgan fingerprint density at radius 1 is 1.38 bits per heavy atom. The molecule has 2 aromatic rings. The number of benzene rings is 1. The van der Waals surface area contributed by atoms with E-state index in [9.17, 15) is 0 Å². The fraction of sp³-hybridized carbons (Fsp3) is 0.438. The third-order valence-electron chi connectivity index (χ3n) is 4.40. The van der Waals surface area contributed by atoms with Crippen molar-refractivity contribution in [3.63, 3.8) is 0 Å². The highest BCUT2D eigenvalue weighted by Crippen LogP contribution is 2.40. The first kappa shape index (κ1) is 15.0. The molecule has 1 heterocycles. The van der Waals surface area contributed by atoms with Gasteiger partial charge >= 0.3 is 0 Å². The van der Waals surface area contributed by atoms with Crippen LogP contribution in [0.1, 0.15) is 25.7 Å². The second kappa shape index (κ2) is 6.05. The molecule has 0 unspecified atom stereocenters. The average molecular weight is 366 g/mol. The molecular formula is C16H20BrN3S. The number of fused-ring (bicyclic) bond motifs is 1. The number of anilines is 2.